The summed E-state index contributed by atoms with van der Waals surface area (Å²) in [6.07, 6.45) is 4.33. The van der Waals surface area contributed by atoms with Crippen LogP contribution in [0, 0.1) is 0 Å². The summed E-state index contributed by atoms with van der Waals surface area (Å²) in [5.74, 6) is 1.58. The number of hydrogen-bond acceptors (Lipinski definition) is 7. The Hall–Kier alpha value is -3.29. The molecule has 164 valence electrons. The lowest BCUT2D eigenvalue weighted by Crippen LogP contribution is -2.04. The van der Waals surface area contributed by atoms with Crippen molar-refractivity contribution in [2.45, 2.75) is 19.3 Å². The van der Waals surface area contributed by atoms with Crippen molar-refractivity contribution in [1.29, 1.82) is 0 Å². The fourth-order valence-electron chi connectivity index (χ4n) is 3.42. The lowest BCUT2D eigenvalue weighted by molar-refractivity contribution is 0.146. The Kier molecular flexibility index (Phi) is 7.42. The third kappa shape index (κ3) is 5.69. The standard InChI is InChI=1S/C25H26N4O2S/c1-18(16-19-8-4-3-5-9-19)22-23(20-10-6-11-21(17-20)31-15-14-30-2)32-25(28-22)29-24-26-12-7-13-27-24/h3-13,17-18H,14-16H2,1-2H3,(H,26,27,28,29)/t18-/m0/s1. The molecule has 2 aromatic carbocycles. The third-order valence-corrected chi connectivity index (χ3v) is 5.98. The van der Waals surface area contributed by atoms with Crippen molar-refractivity contribution in [3.05, 3.63) is 84.3 Å². The van der Waals surface area contributed by atoms with Crippen LogP contribution in [0.2, 0.25) is 0 Å². The van der Waals surface area contributed by atoms with Gasteiger partial charge in [0.2, 0.25) is 5.95 Å². The number of nitrogens with zero attached hydrogens (tertiary/aromatic N) is 3. The normalized spacial score (nSPS) is 11.8. The molecule has 0 bridgehead atoms. The van der Waals surface area contributed by atoms with E-state index in [-0.39, 0.29) is 5.92 Å². The van der Waals surface area contributed by atoms with Crippen molar-refractivity contribution in [3.8, 4) is 16.2 Å². The zero-order valence-corrected chi connectivity index (χ0v) is 19.0. The molecule has 0 saturated heterocycles. The van der Waals surface area contributed by atoms with Gasteiger partial charge in [0.05, 0.1) is 17.2 Å². The number of aromatic nitrogens is 3. The summed E-state index contributed by atoms with van der Waals surface area (Å²) in [6.45, 7) is 3.28. The van der Waals surface area contributed by atoms with Crippen molar-refractivity contribution >= 4 is 22.4 Å². The highest BCUT2D eigenvalue weighted by molar-refractivity contribution is 7.19. The summed E-state index contributed by atoms with van der Waals surface area (Å²) >= 11 is 1.60. The molecular formula is C25H26N4O2S. The van der Waals surface area contributed by atoms with Gasteiger partial charge in [0.15, 0.2) is 5.13 Å². The summed E-state index contributed by atoms with van der Waals surface area (Å²) < 4.78 is 10.9. The van der Waals surface area contributed by atoms with E-state index in [4.69, 9.17) is 14.5 Å². The van der Waals surface area contributed by atoms with Gasteiger partial charge in [-0.05, 0) is 35.7 Å². The molecular weight excluding hydrogens is 420 g/mol. The maximum Gasteiger partial charge on any atom is 0.228 e. The van der Waals surface area contributed by atoms with Gasteiger partial charge in [0.1, 0.15) is 12.4 Å². The third-order valence-electron chi connectivity index (χ3n) is 4.94. The zero-order valence-electron chi connectivity index (χ0n) is 18.2. The largest absolute Gasteiger partial charge is 0.491 e. The average Bonchev–Trinajstić information content (AvgIpc) is 3.25. The van der Waals surface area contributed by atoms with E-state index in [9.17, 15) is 0 Å². The Labute approximate surface area is 192 Å². The Morgan fingerprint density at radius 3 is 2.56 bits per heavy atom. The maximum atomic E-state index is 5.83. The fourth-order valence-corrected chi connectivity index (χ4v) is 4.50. The zero-order chi connectivity index (χ0) is 22.2. The first kappa shape index (κ1) is 21.9. The first-order valence-corrected chi connectivity index (χ1v) is 11.4. The molecule has 0 saturated carbocycles. The predicted molar refractivity (Wildman–Crippen MR) is 129 cm³/mol. The Morgan fingerprint density at radius 1 is 0.969 bits per heavy atom. The van der Waals surface area contributed by atoms with E-state index in [1.165, 1.54) is 5.56 Å². The van der Waals surface area contributed by atoms with Crippen molar-refractivity contribution in [3.63, 3.8) is 0 Å². The molecule has 2 heterocycles. The van der Waals surface area contributed by atoms with Gasteiger partial charge >= 0.3 is 0 Å². The SMILES string of the molecule is COCCOc1cccc(-c2sc(Nc3ncccn3)nc2[C@@H](C)Cc2ccccc2)c1. The minimum atomic E-state index is 0.231. The molecule has 0 spiro atoms. The number of methoxy groups -OCH3 is 1. The van der Waals surface area contributed by atoms with Crippen LogP contribution in [0.3, 0.4) is 0 Å². The molecule has 1 N–H and O–H groups in total. The molecule has 32 heavy (non-hydrogen) atoms. The van der Waals surface area contributed by atoms with E-state index in [0.717, 1.165) is 33.4 Å². The second kappa shape index (κ2) is 10.8. The van der Waals surface area contributed by atoms with Gasteiger partial charge in [0.25, 0.3) is 0 Å². The predicted octanol–water partition coefficient (Wildman–Crippen LogP) is 5.72. The number of ether oxygens (including phenoxy) is 2. The van der Waals surface area contributed by atoms with Gasteiger partial charge in [-0.2, -0.15) is 0 Å². The van der Waals surface area contributed by atoms with Gasteiger partial charge in [-0.25, -0.2) is 15.0 Å². The van der Waals surface area contributed by atoms with Crippen LogP contribution in [0.5, 0.6) is 5.75 Å². The summed E-state index contributed by atoms with van der Waals surface area (Å²) in [7, 11) is 1.67. The monoisotopic (exact) mass is 446 g/mol. The van der Waals surface area contributed by atoms with E-state index in [1.807, 2.05) is 18.2 Å². The van der Waals surface area contributed by atoms with Crippen LogP contribution in [-0.4, -0.2) is 35.3 Å². The number of hydrogen-bond donors (Lipinski definition) is 1. The van der Waals surface area contributed by atoms with Crippen molar-refractivity contribution in [1.82, 2.24) is 15.0 Å². The first-order chi connectivity index (χ1) is 15.7. The number of nitrogens with one attached hydrogen (secondary N) is 1. The van der Waals surface area contributed by atoms with Gasteiger partial charge in [0, 0.05) is 25.4 Å². The highest BCUT2D eigenvalue weighted by Gasteiger charge is 2.20. The van der Waals surface area contributed by atoms with Gasteiger partial charge in [-0.1, -0.05) is 60.7 Å². The molecule has 0 aliphatic carbocycles. The molecule has 4 rings (SSSR count). The van der Waals surface area contributed by atoms with Crippen LogP contribution in [0.4, 0.5) is 11.1 Å². The van der Waals surface area contributed by atoms with Crippen LogP contribution in [0.25, 0.3) is 10.4 Å². The summed E-state index contributed by atoms with van der Waals surface area (Å²) in [5, 5.41) is 4.02. The van der Waals surface area contributed by atoms with Crippen LogP contribution in [0.1, 0.15) is 24.1 Å². The van der Waals surface area contributed by atoms with E-state index < -0.39 is 0 Å². The molecule has 0 aliphatic heterocycles. The second-order valence-electron chi connectivity index (χ2n) is 7.39. The molecule has 0 radical (unpaired) electrons. The number of rotatable bonds is 10. The van der Waals surface area contributed by atoms with Crippen molar-refractivity contribution in [2.24, 2.45) is 0 Å². The molecule has 0 aliphatic rings. The number of thiazole rings is 1. The maximum absolute atomic E-state index is 5.83. The average molecular weight is 447 g/mol. The van der Waals surface area contributed by atoms with Crippen LogP contribution in [0.15, 0.2) is 73.1 Å². The minimum absolute atomic E-state index is 0.231. The summed E-state index contributed by atoms with van der Waals surface area (Å²) in [6, 6.07) is 20.4. The van der Waals surface area contributed by atoms with Crippen molar-refractivity contribution < 1.29 is 9.47 Å². The van der Waals surface area contributed by atoms with E-state index in [2.05, 4.69) is 58.6 Å². The first-order valence-electron chi connectivity index (χ1n) is 10.5. The van der Waals surface area contributed by atoms with Crippen LogP contribution >= 0.6 is 11.3 Å². The fraction of sp³-hybridized carbons (Fsp3) is 0.240. The van der Waals surface area contributed by atoms with E-state index >= 15 is 0 Å². The molecule has 6 nitrogen and oxygen atoms in total. The Bertz CT molecular complexity index is 1120. The topological polar surface area (TPSA) is 69.2 Å². The highest BCUT2D eigenvalue weighted by Crippen LogP contribution is 2.39. The van der Waals surface area contributed by atoms with Gasteiger partial charge in [-0.15, -0.1) is 0 Å². The molecule has 0 amide bonds. The smallest absolute Gasteiger partial charge is 0.228 e. The van der Waals surface area contributed by atoms with Crippen LogP contribution in [-0.2, 0) is 11.2 Å². The van der Waals surface area contributed by atoms with E-state index in [1.54, 1.807) is 36.9 Å². The lowest BCUT2D eigenvalue weighted by Gasteiger charge is -2.12. The number of benzene rings is 2. The molecule has 1 atom stereocenters. The number of anilines is 2. The Balaban J connectivity index is 1.65. The molecule has 7 heteroatoms. The quantitative estimate of drug-likeness (QED) is 0.315. The second-order valence-corrected chi connectivity index (χ2v) is 8.39. The molecule has 0 fully saturated rings. The summed E-state index contributed by atoms with van der Waals surface area (Å²) in [4.78, 5) is 14.6. The highest BCUT2D eigenvalue weighted by atomic mass is 32.1. The van der Waals surface area contributed by atoms with Crippen molar-refractivity contribution in [2.75, 3.05) is 25.6 Å². The lowest BCUT2D eigenvalue weighted by atomic mass is 9.96. The van der Waals surface area contributed by atoms with Crippen LogP contribution < -0.4 is 10.1 Å². The Morgan fingerprint density at radius 2 is 1.78 bits per heavy atom. The minimum Gasteiger partial charge on any atom is -0.491 e. The molecule has 0 unspecified atom stereocenters. The molecule has 2 aromatic heterocycles. The van der Waals surface area contributed by atoms with E-state index in [0.29, 0.717) is 19.2 Å². The molecule has 4 aromatic rings. The van der Waals surface area contributed by atoms with Gasteiger partial charge < -0.3 is 14.8 Å². The van der Waals surface area contributed by atoms with Gasteiger partial charge in [-0.3, -0.25) is 0 Å². The summed E-state index contributed by atoms with van der Waals surface area (Å²) in [5.41, 5.74) is 3.41.